The first-order chi connectivity index (χ1) is 9.79. The van der Waals surface area contributed by atoms with Gasteiger partial charge in [0.05, 0.1) is 0 Å². The van der Waals surface area contributed by atoms with Gasteiger partial charge in [-0.1, -0.05) is 13.0 Å². The Kier molecular flexibility index (Phi) is 7.00. The van der Waals surface area contributed by atoms with Gasteiger partial charge in [-0.15, -0.1) is 11.3 Å². The second kappa shape index (κ2) is 8.78. The first-order valence-electron chi connectivity index (χ1n) is 7.99. The molecule has 1 atom stereocenters. The Hall–Kier alpha value is -0.420. The molecule has 1 N–H and O–H groups in total. The van der Waals surface area contributed by atoms with Crippen molar-refractivity contribution in [2.45, 2.75) is 32.7 Å². The molecule has 1 aliphatic heterocycles. The summed E-state index contributed by atoms with van der Waals surface area (Å²) in [5.41, 5.74) is 0. The third kappa shape index (κ3) is 5.17. The number of hydrogen-bond donors (Lipinski definition) is 1. The minimum absolute atomic E-state index is 0.751. The summed E-state index contributed by atoms with van der Waals surface area (Å²) in [7, 11) is 0. The lowest BCUT2D eigenvalue weighted by atomic mass is 10.2. The van der Waals surface area contributed by atoms with Crippen molar-refractivity contribution in [2.75, 3.05) is 45.8 Å². The smallest absolute Gasteiger partial charge is 0.0113 e. The average Bonchev–Trinajstić information content (AvgIpc) is 3.00. The van der Waals surface area contributed by atoms with Crippen molar-refractivity contribution in [1.29, 1.82) is 0 Å². The van der Waals surface area contributed by atoms with Crippen LogP contribution in [0.4, 0.5) is 0 Å². The highest BCUT2D eigenvalue weighted by atomic mass is 32.1. The van der Waals surface area contributed by atoms with Crippen LogP contribution in [0.2, 0.25) is 0 Å². The van der Waals surface area contributed by atoms with E-state index in [-0.39, 0.29) is 0 Å². The zero-order valence-corrected chi connectivity index (χ0v) is 13.8. The minimum atomic E-state index is 0.751. The van der Waals surface area contributed by atoms with Crippen LogP contribution in [0, 0.1) is 0 Å². The number of rotatable bonds is 8. The maximum absolute atomic E-state index is 3.57. The molecule has 114 valence electrons. The van der Waals surface area contributed by atoms with Crippen molar-refractivity contribution < 1.29 is 0 Å². The molecule has 1 aliphatic rings. The summed E-state index contributed by atoms with van der Waals surface area (Å²) in [5.74, 6) is 0. The van der Waals surface area contributed by atoms with Crippen LogP contribution >= 0.6 is 11.3 Å². The summed E-state index contributed by atoms with van der Waals surface area (Å²) >= 11 is 1.86. The van der Waals surface area contributed by atoms with E-state index < -0.39 is 0 Å². The lowest BCUT2D eigenvalue weighted by Crippen LogP contribution is -2.50. The molecule has 4 heteroatoms. The van der Waals surface area contributed by atoms with E-state index >= 15 is 0 Å². The van der Waals surface area contributed by atoms with Gasteiger partial charge in [-0.25, -0.2) is 0 Å². The number of thiophene rings is 1. The van der Waals surface area contributed by atoms with Gasteiger partial charge < -0.3 is 5.32 Å². The van der Waals surface area contributed by atoms with Gasteiger partial charge in [0, 0.05) is 56.7 Å². The normalized spacial score (nSPS) is 19.3. The van der Waals surface area contributed by atoms with Crippen molar-refractivity contribution in [3.05, 3.63) is 22.4 Å². The second-order valence-electron chi connectivity index (χ2n) is 5.71. The molecule has 1 aromatic rings. The molecular formula is C16H29N3S. The molecular weight excluding hydrogens is 266 g/mol. The highest BCUT2D eigenvalue weighted by Crippen LogP contribution is 2.09. The molecule has 1 fully saturated rings. The van der Waals surface area contributed by atoms with Crippen LogP contribution < -0.4 is 5.32 Å². The van der Waals surface area contributed by atoms with E-state index in [1.807, 2.05) is 11.3 Å². The standard InChI is InChI=1S/C16H29N3S/c1-3-15(2)19-12-10-18(11-13-19)9-8-17-7-6-16-5-4-14-20-16/h4-5,14-15,17H,3,6-13H2,1-2H3. The van der Waals surface area contributed by atoms with Crippen molar-refractivity contribution in [2.24, 2.45) is 0 Å². The van der Waals surface area contributed by atoms with Crippen LogP contribution in [-0.4, -0.2) is 61.7 Å². The summed E-state index contributed by atoms with van der Waals surface area (Å²) in [4.78, 5) is 6.71. The van der Waals surface area contributed by atoms with Gasteiger partial charge in [0.2, 0.25) is 0 Å². The molecule has 2 rings (SSSR count). The molecule has 1 aromatic heterocycles. The van der Waals surface area contributed by atoms with Gasteiger partial charge in [0.15, 0.2) is 0 Å². The Bertz CT molecular complexity index is 345. The molecule has 0 spiro atoms. The van der Waals surface area contributed by atoms with E-state index in [2.05, 4.69) is 46.5 Å². The zero-order chi connectivity index (χ0) is 14.2. The lowest BCUT2D eigenvalue weighted by molar-refractivity contribution is 0.101. The molecule has 1 unspecified atom stereocenters. The second-order valence-corrected chi connectivity index (χ2v) is 6.75. The Morgan fingerprint density at radius 1 is 1.25 bits per heavy atom. The molecule has 0 amide bonds. The van der Waals surface area contributed by atoms with Crippen LogP contribution in [0.1, 0.15) is 25.1 Å². The summed E-state index contributed by atoms with van der Waals surface area (Å²) in [5, 5.41) is 5.73. The maximum atomic E-state index is 3.57. The summed E-state index contributed by atoms with van der Waals surface area (Å²) in [6, 6.07) is 5.11. The molecule has 3 nitrogen and oxygen atoms in total. The molecule has 20 heavy (non-hydrogen) atoms. The summed E-state index contributed by atoms with van der Waals surface area (Å²) in [6.45, 7) is 13.0. The Labute approximate surface area is 128 Å². The highest BCUT2D eigenvalue weighted by molar-refractivity contribution is 7.09. The Morgan fingerprint density at radius 2 is 2.05 bits per heavy atom. The van der Waals surface area contributed by atoms with E-state index in [1.54, 1.807) is 0 Å². The van der Waals surface area contributed by atoms with Gasteiger partial charge in [0.25, 0.3) is 0 Å². The molecule has 0 bridgehead atoms. The van der Waals surface area contributed by atoms with Gasteiger partial charge in [-0.05, 0) is 31.2 Å². The Balaban J connectivity index is 1.51. The quantitative estimate of drug-likeness (QED) is 0.743. The van der Waals surface area contributed by atoms with Crippen LogP contribution in [0.5, 0.6) is 0 Å². The third-order valence-corrected chi connectivity index (χ3v) is 5.29. The van der Waals surface area contributed by atoms with Crippen LogP contribution in [0.3, 0.4) is 0 Å². The molecule has 0 saturated carbocycles. The van der Waals surface area contributed by atoms with Crippen molar-refractivity contribution in [1.82, 2.24) is 15.1 Å². The highest BCUT2D eigenvalue weighted by Gasteiger charge is 2.19. The Morgan fingerprint density at radius 3 is 2.70 bits per heavy atom. The molecule has 0 aliphatic carbocycles. The van der Waals surface area contributed by atoms with E-state index in [0.717, 1.165) is 19.1 Å². The predicted octanol–water partition coefficient (Wildman–Crippen LogP) is 2.30. The van der Waals surface area contributed by atoms with Gasteiger partial charge in [-0.2, -0.15) is 0 Å². The van der Waals surface area contributed by atoms with Crippen molar-refractivity contribution in [3.63, 3.8) is 0 Å². The molecule has 2 heterocycles. The third-order valence-electron chi connectivity index (χ3n) is 4.35. The summed E-state index contributed by atoms with van der Waals surface area (Å²) in [6.07, 6.45) is 2.43. The van der Waals surface area contributed by atoms with Crippen LogP contribution in [0.15, 0.2) is 17.5 Å². The SMILES string of the molecule is CCC(C)N1CCN(CCNCCc2cccs2)CC1. The predicted molar refractivity (Wildman–Crippen MR) is 88.7 cm³/mol. The first-order valence-corrected chi connectivity index (χ1v) is 8.87. The fourth-order valence-electron chi connectivity index (χ4n) is 2.71. The van der Waals surface area contributed by atoms with E-state index in [1.165, 1.54) is 50.4 Å². The molecule has 1 saturated heterocycles. The average molecular weight is 295 g/mol. The van der Waals surface area contributed by atoms with Crippen molar-refractivity contribution >= 4 is 11.3 Å². The fourth-order valence-corrected chi connectivity index (χ4v) is 3.42. The van der Waals surface area contributed by atoms with Crippen LogP contribution in [0.25, 0.3) is 0 Å². The molecule has 0 radical (unpaired) electrons. The first kappa shape index (κ1) is 16.0. The zero-order valence-electron chi connectivity index (χ0n) is 13.0. The van der Waals surface area contributed by atoms with Crippen molar-refractivity contribution in [3.8, 4) is 0 Å². The number of nitrogens with zero attached hydrogens (tertiary/aromatic N) is 2. The minimum Gasteiger partial charge on any atom is -0.315 e. The number of nitrogens with one attached hydrogen (secondary N) is 1. The van der Waals surface area contributed by atoms with Gasteiger partial charge in [0.1, 0.15) is 0 Å². The van der Waals surface area contributed by atoms with E-state index in [0.29, 0.717) is 0 Å². The number of hydrogen-bond acceptors (Lipinski definition) is 4. The van der Waals surface area contributed by atoms with Gasteiger partial charge >= 0.3 is 0 Å². The lowest BCUT2D eigenvalue weighted by Gasteiger charge is -2.37. The van der Waals surface area contributed by atoms with E-state index in [4.69, 9.17) is 0 Å². The van der Waals surface area contributed by atoms with E-state index in [9.17, 15) is 0 Å². The maximum Gasteiger partial charge on any atom is 0.0113 e. The largest absolute Gasteiger partial charge is 0.315 e. The number of piperazine rings is 1. The monoisotopic (exact) mass is 295 g/mol. The van der Waals surface area contributed by atoms with Gasteiger partial charge in [-0.3, -0.25) is 9.80 Å². The topological polar surface area (TPSA) is 18.5 Å². The fraction of sp³-hybridized carbons (Fsp3) is 0.750. The molecule has 0 aromatic carbocycles. The summed E-state index contributed by atoms with van der Waals surface area (Å²) < 4.78 is 0. The van der Waals surface area contributed by atoms with Crippen LogP contribution in [-0.2, 0) is 6.42 Å².